The highest BCUT2D eigenvalue weighted by atomic mass is 32.1. The normalized spacial score (nSPS) is 26.9. The lowest BCUT2D eigenvalue weighted by molar-refractivity contribution is 0.0414. The van der Waals surface area contributed by atoms with E-state index in [-0.39, 0.29) is 6.04 Å². The van der Waals surface area contributed by atoms with Gasteiger partial charge in [0.05, 0.1) is 18.2 Å². The summed E-state index contributed by atoms with van der Waals surface area (Å²) in [6.07, 6.45) is -1.45. The van der Waals surface area contributed by atoms with Crippen molar-refractivity contribution in [2.45, 2.75) is 18.2 Å². The number of nitrogens with one attached hydrogen (secondary N) is 3. The lowest BCUT2D eigenvalue weighted by Crippen LogP contribution is -2.44. The summed E-state index contributed by atoms with van der Waals surface area (Å²) >= 11 is 5.14. The summed E-state index contributed by atoms with van der Waals surface area (Å²) in [4.78, 5) is 0. The molecule has 0 radical (unpaired) electrons. The maximum atomic E-state index is 9.64. The van der Waals surface area contributed by atoms with Crippen LogP contribution in [-0.4, -0.2) is 46.7 Å². The van der Waals surface area contributed by atoms with Gasteiger partial charge >= 0.3 is 0 Å². The number of para-hydroxylation sites is 1. The van der Waals surface area contributed by atoms with E-state index in [0.29, 0.717) is 18.2 Å². The molecule has 2 rings (SSSR count). The number of thiocarbonyl (C=S) groups is 1. The number of hydrogen-bond donors (Lipinski definition) is 5. The molecule has 0 bridgehead atoms. The van der Waals surface area contributed by atoms with Gasteiger partial charge in [0, 0.05) is 18.8 Å². The number of aliphatic hydroxyl groups is 2. The smallest absolute Gasteiger partial charge is 0.170 e. The van der Waals surface area contributed by atoms with Crippen LogP contribution in [0.1, 0.15) is 0 Å². The molecule has 1 heterocycles. The molecule has 18 heavy (non-hydrogen) atoms. The van der Waals surface area contributed by atoms with E-state index in [9.17, 15) is 10.2 Å². The molecule has 0 amide bonds. The third-order valence-corrected chi connectivity index (χ3v) is 3.16. The van der Waals surface area contributed by atoms with Crippen LogP contribution in [0.2, 0.25) is 0 Å². The van der Waals surface area contributed by atoms with Crippen LogP contribution in [0.3, 0.4) is 0 Å². The predicted octanol–water partition coefficient (Wildman–Crippen LogP) is -0.333. The number of rotatable bonds is 3. The van der Waals surface area contributed by atoms with Gasteiger partial charge in [0.25, 0.3) is 0 Å². The van der Waals surface area contributed by atoms with Crippen molar-refractivity contribution in [2.24, 2.45) is 0 Å². The zero-order chi connectivity index (χ0) is 13.0. The molecule has 0 unspecified atom stereocenters. The van der Waals surface area contributed by atoms with Crippen molar-refractivity contribution < 1.29 is 10.2 Å². The Morgan fingerprint density at radius 1 is 1.33 bits per heavy atom. The molecule has 5 nitrogen and oxygen atoms in total. The molecular formula is C12H17N3O2S. The van der Waals surface area contributed by atoms with Crippen molar-refractivity contribution in [1.29, 1.82) is 0 Å². The fraction of sp³-hybridized carbons (Fsp3) is 0.417. The second-order valence-electron chi connectivity index (χ2n) is 4.27. The van der Waals surface area contributed by atoms with Crippen molar-refractivity contribution in [3.05, 3.63) is 30.3 Å². The molecule has 1 saturated heterocycles. The molecule has 98 valence electrons. The SMILES string of the molecule is O[C@@H]1[C@H](O)CN[C@H]1CNC(=S)Nc1ccccc1. The van der Waals surface area contributed by atoms with Crippen LogP contribution < -0.4 is 16.0 Å². The van der Waals surface area contributed by atoms with E-state index in [1.165, 1.54) is 0 Å². The molecular weight excluding hydrogens is 250 g/mol. The van der Waals surface area contributed by atoms with Crippen molar-refractivity contribution in [1.82, 2.24) is 10.6 Å². The van der Waals surface area contributed by atoms with Gasteiger partial charge < -0.3 is 26.2 Å². The van der Waals surface area contributed by atoms with E-state index in [1.807, 2.05) is 30.3 Å². The number of aliphatic hydroxyl groups excluding tert-OH is 2. The monoisotopic (exact) mass is 267 g/mol. The minimum Gasteiger partial charge on any atom is -0.389 e. The molecule has 3 atom stereocenters. The predicted molar refractivity (Wildman–Crippen MR) is 74.5 cm³/mol. The van der Waals surface area contributed by atoms with E-state index in [4.69, 9.17) is 12.2 Å². The van der Waals surface area contributed by atoms with Crippen LogP contribution >= 0.6 is 12.2 Å². The maximum absolute atomic E-state index is 9.64. The standard InChI is InChI=1S/C12H17N3O2S/c16-10-7-13-9(11(10)17)6-14-12(18)15-8-4-2-1-3-5-8/h1-5,9-11,13,16-17H,6-7H2,(H2,14,15,18)/t9-,10+,11-/m0/s1. The first kappa shape index (κ1) is 13.2. The summed E-state index contributed by atoms with van der Waals surface area (Å²) < 4.78 is 0. The Hall–Kier alpha value is -1.21. The van der Waals surface area contributed by atoms with Crippen molar-refractivity contribution in [3.63, 3.8) is 0 Å². The Labute approximate surface area is 111 Å². The zero-order valence-corrected chi connectivity index (χ0v) is 10.7. The third-order valence-electron chi connectivity index (χ3n) is 2.91. The Kier molecular flexibility index (Phi) is 4.48. The van der Waals surface area contributed by atoms with Gasteiger partial charge in [-0.05, 0) is 24.4 Å². The molecule has 1 aromatic rings. The van der Waals surface area contributed by atoms with Crippen LogP contribution in [0, 0.1) is 0 Å². The average Bonchev–Trinajstić information content (AvgIpc) is 2.69. The van der Waals surface area contributed by atoms with Gasteiger partial charge in [-0.15, -0.1) is 0 Å². The Morgan fingerprint density at radius 3 is 2.67 bits per heavy atom. The van der Waals surface area contributed by atoms with Crippen LogP contribution in [-0.2, 0) is 0 Å². The van der Waals surface area contributed by atoms with Crippen molar-refractivity contribution in [2.75, 3.05) is 18.4 Å². The summed E-state index contributed by atoms with van der Waals surface area (Å²) in [5, 5.41) is 28.6. The lowest BCUT2D eigenvalue weighted by Gasteiger charge is -2.18. The van der Waals surface area contributed by atoms with Gasteiger partial charge in [-0.1, -0.05) is 18.2 Å². The van der Waals surface area contributed by atoms with E-state index in [1.54, 1.807) is 0 Å². The molecule has 0 spiro atoms. The van der Waals surface area contributed by atoms with E-state index in [2.05, 4.69) is 16.0 Å². The molecule has 0 saturated carbocycles. The Bertz CT molecular complexity index is 402. The number of benzene rings is 1. The fourth-order valence-electron chi connectivity index (χ4n) is 1.87. The molecule has 1 aromatic carbocycles. The molecule has 0 aliphatic carbocycles. The summed E-state index contributed by atoms with van der Waals surface area (Å²) in [6, 6.07) is 9.42. The van der Waals surface area contributed by atoms with E-state index < -0.39 is 12.2 Å². The topological polar surface area (TPSA) is 76.5 Å². The first-order valence-corrected chi connectivity index (χ1v) is 6.27. The molecule has 1 fully saturated rings. The van der Waals surface area contributed by atoms with Crippen LogP contribution in [0.4, 0.5) is 5.69 Å². The van der Waals surface area contributed by atoms with Gasteiger partial charge in [-0.3, -0.25) is 0 Å². The summed E-state index contributed by atoms with van der Waals surface area (Å²) in [5.74, 6) is 0. The summed E-state index contributed by atoms with van der Waals surface area (Å²) in [7, 11) is 0. The maximum Gasteiger partial charge on any atom is 0.170 e. The van der Waals surface area contributed by atoms with Gasteiger partial charge in [0.15, 0.2) is 5.11 Å². The van der Waals surface area contributed by atoms with Crippen LogP contribution in [0.25, 0.3) is 0 Å². The third kappa shape index (κ3) is 3.39. The minimum atomic E-state index is -0.753. The van der Waals surface area contributed by atoms with Crippen molar-refractivity contribution in [3.8, 4) is 0 Å². The molecule has 0 aromatic heterocycles. The molecule has 6 heteroatoms. The van der Waals surface area contributed by atoms with Gasteiger partial charge in [-0.25, -0.2) is 0 Å². The fourth-order valence-corrected chi connectivity index (χ4v) is 2.08. The summed E-state index contributed by atoms with van der Waals surface area (Å²) in [6.45, 7) is 0.878. The minimum absolute atomic E-state index is 0.185. The van der Waals surface area contributed by atoms with Crippen molar-refractivity contribution >= 4 is 23.0 Å². The van der Waals surface area contributed by atoms with E-state index in [0.717, 1.165) is 5.69 Å². The molecule has 1 aliphatic heterocycles. The highest BCUT2D eigenvalue weighted by Crippen LogP contribution is 2.07. The van der Waals surface area contributed by atoms with E-state index >= 15 is 0 Å². The largest absolute Gasteiger partial charge is 0.389 e. The highest BCUT2D eigenvalue weighted by Gasteiger charge is 2.32. The zero-order valence-electron chi connectivity index (χ0n) is 9.84. The van der Waals surface area contributed by atoms with Gasteiger partial charge in [-0.2, -0.15) is 0 Å². The first-order valence-electron chi connectivity index (χ1n) is 5.86. The Morgan fingerprint density at radius 2 is 2.06 bits per heavy atom. The number of anilines is 1. The second kappa shape index (κ2) is 6.10. The van der Waals surface area contributed by atoms with Gasteiger partial charge in [0.1, 0.15) is 0 Å². The van der Waals surface area contributed by atoms with Crippen LogP contribution in [0.15, 0.2) is 30.3 Å². The molecule has 5 N–H and O–H groups in total. The number of hydrogen-bond acceptors (Lipinski definition) is 4. The lowest BCUT2D eigenvalue weighted by atomic mass is 10.1. The highest BCUT2D eigenvalue weighted by molar-refractivity contribution is 7.80. The second-order valence-corrected chi connectivity index (χ2v) is 4.68. The average molecular weight is 267 g/mol. The first-order chi connectivity index (χ1) is 8.66. The number of β-amino-alcohol motifs (C(OH)–C–C–N with tert-alkyl or cyclic N) is 1. The quantitative estimate of drug-likeness (QED) is 0.483. The van der Waals surface area contributed by atoms with Gasteiger partial charge in [0.2, 0.25) is 0 Å². The molecule has 1 aliphatic rings. The van der Waals surface area contributed by atoms with Crippen LogP contribution in [0.5, 0.6) is 0 Å². The Balaban J connectivity index is 1.76. The summed E-state index contributed by atoms with van der Waals surface area (Å²) in [5.41, 5.74) is 0.912.